The van der Waals surface area contributed by atoms with Gasteiger partial charge in [-0.1, -0.05) is 72.1 Å². The third-order valence-corrected chi connectivity index (χ3v) is 9.64. The van der Waals surface area contributed by atoms with Crippen LogP contribution in [-0.2, 0) is 9.53 Å². The van der Waals surface area contributed by atoms with Crippen molar-refractivity contribution in [1.29, 1.82) is 0 Å². The van der Waals surface area contributed by atoms with E-state index >= 15 is 0 Å². The normalized spacial score (nSPS) is 34.7. The zero-order valence-corrected chi connectivity index (χ0v) is 21.8. The van der Waals surface area contributed by atoms with Crippen molar-refractivity contribution in [3.8, 4) is 0 Å². The van der Waals surface area contributed by atoms with E-state index < -0.39 is 0 Å². The van der Waals surface area contributed by atoms with Crippen LogP contribution in [0.4, 0.5) is 0 Å². The van der Waals surface area contributed by atoms with Crippen LogP contribution in [0.15, 0.2) is 0 Å². The van der Waals surface area contributed by atoms with Gasteiger partial charge in [-0.3, -0.25) is 4.79 Å². The molecule has 3 saturated carbocycles. The number of ether oxygens (including phenoxy) is 1. The topological polar surface area (TPSA) is 26.3 Å². The van der Waals surface area contributed by atoms with Crippen LogP contribution in [0.1, 0.15) is 143 Å². The molecule has 3 fully saturated rings. The summed E-state index contributed by atoms with van der Waals surface area (Å²) in [5.74, 6) is 4.93. The molecule has 0 bridgehead atoms. The van der Waals surface area contributed by atoms with E-state index in [1.54, 1.807) is 0 Å². The molecular formula is C30H54O2. The summed E-state index contributed by atoms with van der Waals surface area (Å²) < 4.78 is 6.03. The zero-order valence-electron chi connectivity index (χ0n) is 21.8. The van der Waals surface area contributed by atoms with Gasteiger partial charge in [0.05, 0.1) is 5.92 Å². The van der Waals surface area contributed by atoms with Gasteiger partial charge in [-0.25, -0.2) is 0 Å². The average Bonchev–Trinajstić information content (AvgIpc) is 2.83. The lowest BCUT2D eigenvalue weighted by Crippen LogP contribution is -2.32. The van der Waals surface area contributed by atoms with Crippen molar-refractivity contribution in [2.24, 2.45) is 35.5 Å². The Balaban J connectivity index is 1.28. The van der Waals surface area contributed by atoms with Crippen LogP contribution in [0, 0.1) is 35.5 Å². The van der Waals surface area contributed by atoms with Crippen LogP contribution in [0.2, 0.25) is 0 Å². The zero-order chi connectivity index (χ0) is 22.8. The first kappa shape index (κ1) is 26.1. The molecule has 0 spiro atoms. The highest BCUT2D eigenvalue weighted by atomic mass is 16.5. The van der Waals surface area contributed by atoms with Gasteiger partial charge in [0, 0.05) is 0 Å². The van der Waals surface area contributed by atoms with E-state index in [-0.39, 0.29) is 18.0 Å². The van der Waals surface area contributed by atoms with Crippen molar-refractivity contribution in [1.82, 2.24) is 0 Å². The quantitative estimate of drug-likeness (QED) is 0.233. The molecule has 2 nitrogen and oxygen atoms in total. The van der Waals surface area contributed by atoms with Crippen LogP contribution in [0.3, 0.4) is 0 Å². The van der Waals surface area contributed by atoms with Crippen LogP contribution in [0.25, 0.3) is 0 Å². The average molecular weight is 447 g/mol. The third-order valence-electron chi connectivity index (χ3n) is 9.64. The fraction of sp³-hybridized carbons (Fsp3) is 0.967. The van der Waals surface area contributed by atoms with Crippen LogP contribution in [-0.4, -0.2) is 12.1 Å². The molecule has 32 heavy (non-hydrogen) atoms. The summed E-state index contributed by atoms with van der Waals surface area (Å²) in [6, 6.07) is 0. The summed E-state index contributed by atoms with van der Waals surface area (Å²) >= 11 is 0. The highest BCUT2D eigenvalue weighted by Crippen LogP contribution is 2.43. The van der Waals surface area contributed by atoms with Crippen molar-refractivity contribution < 1.29 is 9.53 Å². The number of carbonyl (C=O) groups is 1. The van der Waals surface area contributed by atoms with Gasteiger partial charge in [-0.2, -0.15) is 0 Å². The number of carbonyl (C=O) groups excluding carboxylic acids is 1. The van der Waals surface area contributed by atoms with E-state index in [2.05, 4.69) is 20.8 Å². The van der Waals surface area contributed by atoms with Gasteiger partial charge >= 0.3 is 5.97 Å². The Hall–Kier alpha value is -0.530. The maximum atomic E-state index is 12.8. The van der Waals surface area contributed by atoms with Gasteiger partial charge in [-0.15, -0.1) is 0 Å². The third kappa shape index (κ3) is 8.35. The molecule has 0 aromatic rings. The lowest BCUT2D eigenvalue weighted by atomic mass is 9.68. The first-order valence-corrected chi connectivity index (χ1v) is 14.8. The molecule has 3 aliphatic carbocycles. The SMILES string of the molecule is CCCCCCC1CCC(OC(=O)C2CCC(C3CCC(CC(C)CC)CC3)CC2)CC1. The number of esters is 1. The highest BCUT2D eigenvalue weighted by Gasteiger charge is 2.34. The number of hydrogen-bond acceptors (Lipinski definition) is 2. The molecule has 3 aliphatic rings. The van der Waals surface area contributed by atoms with Crippen LogP contribution >= 0.6 is 0 Å². The Bertz CT molecular complexity index is 505. The van der Waals surface area contributed by atoms with E-state index in [1.807, 2.05) is 0 Å². The predicted molar refractivity (Wildman–Crippen MR) is 136 cm³/mol. The van der Waals surface area contributed by atoms with E-state index in [4.69, 9.17) is 4.74 Å². The van der Waals surface area contributed by atoms with E-state index in [9.17, 15) is 4.79 Å². The number of hydrogen-bond donors (Lipinski definition) is 0. The summed E-state index contributed by atoms with van der Waals surface area (Å²) in [4.78, 5) is 12.8. The standard InChI is InChI=1S/C30H54O2/c1-4-6-7-8-9-24-12-20-29(21-13-24)32-30(31)28-18-16-27(17-19-28)26-14-10-25(11-15-26)22-23(3)5-2/h23-29H,4-22H2,1-3H3. The molecule has 0 heterocycles. The summed E-state index contributed by atoms with van der Waals surface area (Å²) in [5, 5.41) is 0. The molecule has 0 saturated heterocycles. The smallest absolute Gasteiger partial charge is 0.309 e. The van der Waals surface area contributed by atoms with Gasteiger partial charge in [0.15, 0.2) is 0 Å². The maximum Gasteiger partial charge on any atom is 0.309 e. The second kappa shape index (κ2) is 14.0. The fourth-order valence-electron chi connectivity index (χ4n) is 7.12. The Morgan fingerprint density at radius 3 is 1.94 bits per heavy atom. The minimum atomic E-state index is 0.145. The first-order valence-electron chi connectivity index (χ1n) is 14.8. The number of rotatable bonds is 11. The van der Waals surface area contributed by atoms with E-state index in [1.165, 1.54) is 96.3 Å². The van der Waals surface area contributed by atoms with Gasteiger partial charge in [0.25, 0.3) is 0 Å². The van der Waals surface area contributed by atoms with E-state index in [0.29, 0.717) is 0 Å². The van der Waals surface area contributed by atoms with Gasteiger partial charge < -0.3 is 4.74 Å². The molecule has 3 rings (SSSR count). The Kier molecular flexibility index (Phi) is 11.4. The molecule has 1 unspecified atom stereocenters. The van der Waals surface area contributed by atoms with Crippen molar-refractivity contribution in [2.75, 3.05) is 0 Å². The highest BCUT2D eigenvalue weighted by molar-refractivity contribution is 5.72. The van der Waals surface area contributed by atoms with Crippen molar-refractivity contribution in [3.63, 3.8) is 0 Å². The monoisotopic (exact) mass is 446 g/mol. The summed E-state index contributed by atoms with van der Waals surface area (Å²) in [6.45, 7) is 7.04. The largest absolute Gasteiger partial charge is 0.462 e. The summed E-state index contributed by atoms with van der Waals surface area (Å²) in [6.07, 6.45) is 25.2. The second-order valence-electron chi connectivity index (χ2n) is 12.1. The minimum Gasteiger partial charge on any atom is -0.462 e. The van der Waals surface area contributed by atoms with Crippen LogP contribution < -0.4 is 0 Å². The first-order chi connectivity index (χ1) is 15.6. The molecular weight excluding hydrogens is 392 g/mol. The molecule has 186 valence electrons. The molecule has 0 radical (unpaired) electrons. The predicted octanol–water partition coefficient (Wildman–Crippen LogP) is 9.11. The fourth-order valence-corrected chi connectivity index (χ4v) is 7.12. The molecule has 0 aliphatic heterocycles. The molecule has 1 atom stereocenters. The molecule has 0 N–H and O–H groups in total. The van der Waals surface area contributed by atoms with Crippen molar-refractivity contribution in [2.45, 2.75) is 149 Å². The van der Waals surface area contributed by atoms with Gasteiger partial charge in [-0.05, 0) is 100 Å². The summed E-state index contributed by atoms with van der Waals surface area (Å²) in [5.41, 5.74) is 0. The maximum absolute atomic E-state index is 12.8. The Morgan fingerprint density at radius 1 is 0.750 bits per heavy atom. The van der Waals surface area contributed by atoms with Gasteiger partial charge in [0.2, 0.25) is 0 Å². The number of unbranched alkanes of at least 4 members (excludes halogenated alkanes) is 3. The lowest BCUT2D eigenvalue weighted by Gasteiger charge is -2.38. The minimum absolute atomic E-state index is 0.145. The molecule has 0 amide bonds. The Morgan fingerprint density at radius 2 is 1.34 bits per heavy atom. The van der Waals surface area contributed by atoms with Crippen molar-refractivity contribution >= 4 is 5.97 Å². The lowest BCUT2D eigenvalue weighted by molar-refractivity contribution is -0.157. The summed E-state index contributed by atoms with van der Waals surface area (Å²) in [7, 11) is 0. The molecule has 0 aromatic heterocycles. The molecule has 0 aromatic carbocycles. The van der Waals surface area contributed by atoms with Crippen LogP contribution in [0.5, 0.6) is 0 Å². The van der Waals surface area contributed by atoms with Crippen molar-refractivity contribution in [3.05, 3.63) is 0 Å². The molecule has 2 heteroatoms. The van der Waals surface area contributed by atoms with E-state index in [0.717, 1.165) is 55.3 Å². The second-order valence-corrected chi connectivity index (χ2v) is 12.1. The van der Waals surface area contributed by atoms with Gasteiger partial charge in [0.1, 0.15) is 6.10 Å². The Labute approximate surface area is 200 Å².